The molecule has 5 heteroatoms. The van der Waals surface area contributed by atoms with E-state index in [0.717, 1.165) is 37.6 Å². The Labute approximate surface area is 154 Å². The Bertz CT molecular complexity index is 768. The van der Waals surface area contributed by atoms with Gasteiger partial charge < -0.3 is 9.64 Å². The van der Waals surface area contributed by atoms with Gasteiger partial charge in [0, 0.05) is 11.1 Å². The monoisotopic (exact) mass is 352 g/mol. The van der Waals surface area contributed by atoms with Crippen molar-refractivity contribution in [1.29, 1.82) is 0 Å². The van der Waals surface area contributed by atoms with E-state index >= 15 is 0 Å². The molecule has 0 bridgehead atoms. The third kappa shape index (κ3) is 4.36. The number of carbonyl (C=O) groups excluding carboxylic acids is 1. The highest BCUT2D eigenvalue weighted by Gasteiger charge is 2.29. The standard InChI is InChI=1S/C21H25N3O2/c1-16-8-6-7-11-19(16)21(25)23-22-17(2)20(18-9-4-3-5-10-18)24-12-14-26-15-13-24/h3-11,20H,12-15H2,1-2H3,(H,23,25)/p+1/b22-17-/t20-/m0/s1. The van der Waals surface area contributed by atoms with Crippen molar-refractivity contribution in [3.05, 3.63) is 71.3 Å². The molecule has 2 aromatic carbocycles. The molecular formula is C21H26N3O2+. The van der Waals surface area contributed by atoms with Crippen molar-refractivity contribution in [3.8, 4) is 0 Å². The molecule has 2 N–H and O–H groups in total. The van der Waals surface area contributed by atoms with Crippen LogP contribution in [0, 0.1) is 6.92 Å². The molecule has 1 atom stereocenters. The maximum Gasteiger partial charge on any atom is 0.271 e. The van der Waals surface area contributed by atoms with Gasteiger partial charge in [-0.1, -0.05) is 48.5 Å². The first-order chi connectivity index (χ1) is 12.7. The summed E-state index contributed by atoms with van der Waals surface area (Å²) in [6, 6.07) is 18.0. The average molecular weight is 352 g/mol. The van der Waals surface area contributed by atoms with Crippen LogP contribution in [-0.2, 0) is 4.74 Å². The third-order valence-electron chi connectivity index (χ3n) is 4.82. The molecule has 2 aromatic rings. The highest BCUT2D eigenvalue weighted by Crippen LogP contribution is 2.12. The molecule has 1 heterocycles. The summed E-state index contributed by atoms with van der Waals surface area (Å²) in [5.74, 6) is -0.175. The van der Waals surface area contributed by atoms with Crippen LogP contribution < -0.4 is 10.3 Å². The van der Waals surface area contributed by atoms with Gasteiger partial charge in [0.05, 0.1) is 18.9 Å². The van der Waals surface area contributed by atoms with Crippen molar-refractivity contribution in [2.24, 2.45) is 5.10 Å². The van der Waals surface area contributed by atoms with E-state index in [1.807, 2.05) is 56.3 Å². The minimum absolute atomic E-state index is 0.109. The Balaban J connectivity index is 1.80. The fourth-order valence-corrected chi connectivity index (χ4v) is 3.43. The Kier molecular flexibility index (Phi) is 6.15. The lowest BCUT2D eigenvalue weighted by molar-refractivity contribution is -0.928. The summed E-state index contributed by atoms with van der Waals surface area (Å²) in [5, 5.41) is 4.45. The highest BCUT2D eigenvalue weighted by atomic mass is 16.5. The minimum atomic E-state index is -0.175. The molecule has 1 aliphatic rings. The zero-order valence-corrected chi connectivity index (χ0v) is 15.4. The number of hydrogen-bond acceptors (Lipinski definition) is 3. The lowest BCUT2D eigenvalue weighted by Gasteiger charge is -2.31. The topological polar surface area (TPSA) is 55.1 Å². The number of quaternary nitrogens is 1. The van der Waals surface area contributed by atoms with Crippen LogP contribution in [0.3, 0.4) is 0 Å². The number of carbonyl (C=O) groups is 1. The van der Waals surface area contributed by atoms with Gasteiger partial charge >= 0.3 is 0 Å². The SMILES string of the molecule is C/C(=N/NC(=O)c1ccccc1C)[C@@H](c1ccccc1)[NH+]1CCOCC1. The Morgan fingerprint density at radius 3 is 2.42 bits per heavy atom. The van der Waals surface area contributed by atoms with E-state index in [-0.39, 0.29) is 11.9 Å². The molecule has 1 amide bonds. The second-order valence-corrected chi connectivity index (χ2v) is 6.62. The van der Waals surface area contributed by atoms with Crippen LogP contribution in [0.2, 0.25) is 0 Å². The number of hydrogen-bond donors (Lipinski definition) is 2. The Morgan fingerprint density at radius 2 is 1.73 bits per heavy atom. The first-order valence-electron chi connectivity index (χ1n) is 9.04. The molecule has 0 saturated carbocycles. The van der Waals surface area contributed by atoms with Crippen molar-refractivity contribution in [2.75, 3.05) is 26.3 Å². The molecule has 136 valence electrons. The van der Waals surface area contributed by atoms with Crippen molar-refractivity contribution in [1.82, 2.24) is 5.43 Å². The van der Waals surface area contributed by atoms with Gasteiger partial charge in [-0.05, 0) is 25.5 Å². The van der Waals surface area contributed by atoms with Crippen molar-refractivity contribution < 1.29 is 14.4 Å². The maximum atomic E-state index is 12.5. The van der Waals surface area contributed by atoms with Gasteiger partial charge in [0.15, 0.2) is 6.04 Å². The molecule has 1 saturated heterocycles. The van der Waals surface area contributed by atoms with E-state index < -0.39 is 0 Å². The zero-order chi connectivity index (χ0) is 18.4. The minimum Gasteiger partial charge on any atom is -0.370 e. The summed E-state index contributed by atoms with van der Waals surface area (Å²) >= 11 is 0. The number of hydrazone groups is 1. The van der Waals surface area contributed by atoms with Crippen molar-refractivity contribution in [3.63, 3.8) is 0 Å². The van der Waals surface area contributed by atoms with Gasteiger partial charge in [-0.25, -0.2) is 5.43 Å². The van der Waals surface area contributed by atoms with Gasteiger partial charge in [-0.3, -0.25) is 4.79 Å². The zero-order valence-electron chi connectivity index (χ0n) is 15.4. The lowest BCUT2D eigenvalue weighted by Crippen LogP contribution is -3.15. The van der Waals surface area contributed by atoms with Gasteiger partial charge in [-0.15, -0.1) is 0 Å². The van der Waals surface area contributed by atoms with Gasteiger partial charge in [0.25, 0.3) is 5.91 Å². The van der Waals surface area contributed by atoms with Gasteiger partial charge in [-0.2, -0.15) is 5.10 Å². The van der Waals surface area contributed by atoms with Crippen LogP contribution in [-0.4, -0.2) is 37.9 Å². The van der Waals surface area contributed by atoms with E-state index in [1.165, 1.54) is 10.5 Å². The van der Waals surface area contributed by atoms with Crippen LogP contribution in [0.1, 0.15) is 34.5 Å². The van der Waals surface area contributed by atoms with E-state index in [9.17, 15) is 4.79 Å². The predicted molar refractivity (Wildman–Crippen MR) is 102 cm³/mol. The molecule has 1 fully saturated rings. The summed E-state index contributed by atoms with van der Waals surface area (Å²) < 4.78 is 5.50. The second-order valence-electron chi connectivity index (χ2n) is 6.62. The summed E-state index contributed by atoms with van der Waals surface area (Å²) in [6.07, 6.45) is 0. The molecule has 0 aliphatic carbocycles. The first kappa shape index (κ1) is 18.3. The quantitative estimate of drug-likeness (QED) is 0.636. The first-order valence-corrected chi connectivity index (χ1v) is 9.04. The summed E-state index contributed by atoms with van der Waals surface area (Å²) in [4.78, 5) is 13.9. The molecule has 1 aliphatic heterocycles. The van der Waals surface area contributed by atoms with E-state index in [4.69, 9.17) is 4.74 Å². The molecule has 5 nitrogen and oxygen atoms in total. The maximum absolute atomic E-state index is 12.5. The molecule has 3 rings (SSSR count). The van der Waals surface area contributed by atoms with Crippen LogP contribution in [0.4, 0.5) is 0 Å². The number of benzene rings is 2. The largest absolute Gasteiger partial charge is 0.370 e. The average Bonchev–Trinajstić information content (AvgIpc) is 2.68. The highest BCUT2D eigenvalue weighted by molar-refractivity contribution is 5.97. The smallest absolute Gasteiger partial charge is 0.271 e. The molecular weight excluding hydrogens is 326 g/mol. The number of aryl methyl sites for hydroxylation is 1. The third-order valence-corrected chi connectivity index (χ3v) is 4.82. The summed E-state index contributed by atoms with van der Waals surface area (Å²) in [6.45, 7) is 7.27. The Hall–Kier alpha value is -2.50. The van der Waals surface area contributed by atoms with Gasteiger partial charge in [0.1, 0.15) is 13.1 Å². The molecule has 0 aromatic heterocycles. The molecule has 0 spiro atoms. The fraction of sp³-hybridized carbons (Fsp3) is 0.333. The number of morpholine rings is 1. The van der Waals surface area contributed by atoms with E-state index in [0.29, 0.717) is 5.56 Å². The lowest BCUT2D eigenvalue weighted by atomic mass is 10.0. The number of amides is 1. The van der Waals surface area contributed by atoms with Crippen molar-refractivity contribution in [2.45, 2.75) is 19.9 Å². The van der Waals surface area contributed by atoms with Crippen molar-refractivity contribution >= 4 is 11.6 Å². The number of rotatable bonds is 5. The summed E-state index contributed by atoms with van der Waals surface area (Å²) in [5.41, 5.74) is 6.43. The van der Waals surface area contributed by atoms with Crippen LogP contribution >= 0.6 is 0 Å². The molecule has 0 radical (unpaired) electrons. The normalized spacial score (nSPS) is 16.9. The van der Waals surface area contributed by atoms with Crippen LogP contribution in [0.5, 0.6) is 0 Å². The summed E-state index contributed by atoms with van der Waals surface area (Å²) in [7, 11) is 0. The fourth-order valence-electron chi connectivity index (χ4n) is 3.43. The van der Waals surface area contributed by atoms with Gasteiger partial charge in [0.2, 0.25) is 0 Å². The van der Waals surface area contributed by atoms with E-state index in [1.54, 1.807) is 0 Å². The van der Waals surface area contributed by atoms with E-state index in [2.05, 4.69) is 22.7 Å². The Morgan fingerprint density at radius 1 is 1.08 bits per heavy atom. The molecule has 26 heavy (non-hydrogen) atoms. The second kappa shape index (κ2) is 8.74. The number of ether oxygens (including phenoxy) is 1. The molecule has 0 unspecified atom stereocenters. The van der Waals surface area contributed by atoms with Crippen LogP contribution in [0.25, 0.3) is 0 Å². The number of nitrogens with zero attached hydrogens (tertiary/aromatic N) is 1. The van der Waals surface area contributed by atoms with Crippen LogP contribution in [0.15, 0.2) is 59.7 Å². The predicted octanol–water partition coefficient (Wildman–Crippen LogP) is 1.76. The number of nitrogens with one attached hydrogen (secondary N) is 2.